The third-order valence-electron chi connectivity index (χ3n) is 11.2. The van der Waals surface area contributed by atoms with E-state index in [0.717, 1.165) is 13.8 Å². The number of aliphatic hydroxyl groups excluding tert-OH is 1. The van der Waals surface area contributed by atoms with E-state index in [2.05, 4.69) is 114 Å². The summed E-state index contributed by atoms with van der Waals surface area (Å²) in [5, 5.41) is 30.8. The average Bonchev–Trinajstić information content (AvgIpc) is 4.25. The monoisotopic (exact) mass is 1170 g/mol. The lowest BCUT2D eigenvalue weighted by atomic mass is 10.1. The summed E-state index contributed by atoms with van der Waals surface area (Å²) >= 11 is 0. The summed E-state index contributed by atoms with van der Waals surface area (Å²) in [4.78, 5) is 75.9. The zero-order valence-corrected chi connectivity index (χ0v) is 47.4. The van der Waals surface area contributed by atoms with Gasteiger partial charge in [-0.05, 0) is 39.9 Å². The predicted molar refractivity (Wildman–Crippen MR) is 291 cm³/mol. The van der Waals surface area contributed by atoms with Crippen molar-refractivity contribution in [1.29, 1.82) is 10.5 Å². The Morgan fingerprint density at radius 1 is 0.790 bits per heavy atom. The van der Waals surface area contributed by atoms with Gasteiger partial charge in [-0.3, -0.25) is 37.5 Å². The molecule has 7 heterocycles. The number of imidazole rings is 3. The molecule has 0 saturated carbocycles. The van der Waals surface area contributed by atoms with Crippen LogP contribution in [0.4, 0.5) is 20.4 Å². The molecule has 1 aromatic carbocycles. The quantitative estimate of drug-likeness (QED) is 0.0593. The van der Waals surface area contributed by atoms with Crippen LogP contribution in [-0.4, -0.2) is 165 Å². The van der Waals surface area contributed by atoms with Crippen molar-refractivity contribution in [2.24, 2.45) is 0 Å². The van der Waals surface area contributed by atoms with Crippen LogP contribution in [0.15, 0.2) is 62.0 Å². The summed E-state index contributed by atoms with van der Waals surface area (Å²) < 4.78 is 79.0. The van der Waals surface area contributed by atoms with Crippen LogP contribution in [0.2, 0.25) is 0 Å². The van der Waals surface area contributed by atoms with Gasteiger partial charge in [0.2, 0.25) is 11.8 Å². The summed E-state index contributed by atoms with van der Waals surface area (Å²) in [7, 11) is -3.38. The maximum Gasteiger partial charge on any atom is 0.303 e. The molecular weight excluding hydrogens is 1100 g/mol. The highest BCUT2D eigenvalue weighted by Gasteiger charge is 2.50. The Morgan fingerprint density at radius 3 is 1.68 bits per heavy atom. The summed E-state index contributed by atoms with van der Waals surface area (Å²) in [6.45, 7) is 18.7. The predicted octanol–water partition coefficient (Wildman–Crippen LogP) is 6.50. The van der Waals surface area contributed by atoms with Gasteiger partial charge < -0.3 is 48.7 Å². The SMILES string of the molecule is C.CC(=O)Nc1ncnc2c1ncn2[C@@H]1O[C@H](CO)C(F)[C@@H]1OC(C)=O.CC(=O)Nc1ncnc2c1ncn2[C@@H]1O[C@H](COP(C)(C)=O)C(F)[C@@H]1OC(C)=O.CC(C)N(C(C)C)P(C)OCc1ccccc1.N#Cc1nc[nH]c1C#N. The minimum atomic E-state index is -2.87. The lowest BCUT2D eigenvalue weighted by Crippen LogP contribution is -2.33. The van der Waals surface area contributed by atoms with Crippen molar-refractivity contribution in [1.82, 2.24) is 53.7 Å². The van der Waals surface area contributed by atoms with Gasteiger partial charge >= 0.3 is 11.9 Å². The van der Waals surface area contributed by atoms with Gasteiger partial charge in [0, 0.05) is 53.1 Å². The smallest absolute Gasteiger partial charge is 0.303 e. The highest BCUT2D eigenvalue weighted by Crippen LogP contribution is 2.43. The second kappa shape index (κ2) is 30.5. The number of benzene rings is 1. The van der Waals surface area contributed by atoms with Crippen LogP contribution < -0.4 is 10.6 Å². The molecule has 6 aromatic rings. The Bertz CT molecular complexity index is 3150. The zero-order chi connectivity index (χ0) is 59.0. The molecule has 27 nitrogen and oxygen atoms in total. The normalized spacial score (nSPS) is 20.5. The number of hydrogen-bond acceptors (Lipinski definition) is 22. The Kier molecular flexibility index (Phi) is 24.9. The number of nitrogens with one attached hydrogen (secondary N) is 3. The number of aromatic amines is 1. The molecule has 4 N–H and O–H groups in total. The number of hydrogen-bond donors (Lipinski definition) is 4. The molecule has 0 spiro atoms. The largest absolute Gasteiger partial charge is 0.454 e. The maximum atomic E-state index is 15.0. The number of fused-ring (bicyclic) bond motifs is 2. The van der Waals surface area contributed by atoms with Crippen molar-refractivity contribution >= 4 is 73.4 Å². The number of carbonyl (C=O) groups is 4. The molecule has 438 valence electrons. The zero-order valence-electron chi connectivity index (χ0n) is 45.6. The molecule has 2 aliphatic rings. The molecular formula is C50H67F2N15O12P2. The topological polar surface area (TPSA) is 352 Å². The Morgan fingerprint density at radius 2 is 1.27 bits per heavy atom. The minimum Gasteiger partial charge on any atom is -0.454 e. The van der Waals surface area contributed by atoms with E-state index in [0.29, 0.717) is 18.7 Å². The molecule has 2 fully saturated rings. The van der Waals surface area contributed by atoms with E-state index in [9.17, 15) is 37.6 Å². The highest BCUT2D eigenvalue weighted by atomic mass is 31.2. The van der Waals surface area contributed by atoms with Crippen LogP contribution in [0.25, 0.3) is 22.3 Å². The fourth-order valence-corrected chi connectivity index (χ4v) is 10.4. The number of alkyl halides is 2. The third kappa shape index (κ3) is 18.1. The number of aromatic nitrogens is 10. The molecule has 5 aromatic heterocycles. The number of nitriles is 2. The van der Waals surface area contributed by atoms with Gasteiger partial charge in [0.1, 0.15) is 45.3 Å². The van der Waals surface area contributed by atoms with Crippen molar-refractivity contribution in [2.75, 3.05) is 43.8 Å². The molecule has 8 rings (SSSR count). The van der Waals surface area contributed by atoms with Crippen LogP contribution in [0.3, 0.4) is 0 Å². The van der Waals surface area contributed by atoms with Crippen molar-refractivity contribution in [3.05, 3.63) is 78.9 Å². The molecule has 31 heteroatoms. The van der Waals surface area contributed by atoms with E-state index < -0.39 is 83.4 Å². The lowest BCUT2D eigenvalue weighted by Gasteiger charge is -2.35. The molecule has 0 bridgehead atoms. The Labute approximate surface area is 467 Å². The van der Waals surface area contributed by atoms with Gasteiger partial charge in [-0.2, -0.15) is 10.5 Å². The molecule has 2 saturated heterocycles. The maximum absolute atomic E-state index is 15.0. The van der Waals surface area contributed by atoms with E-state index >= 15 is 0 Å². The van der Waals surface area contributed by atoms with Crippen LogP contribution in [0.5, 0.6) is 0 Å². The second-order valence-corrected chi connectivity index (χ2v) is 22.9. The average molecular weight is 1170 g/mol. The second-order valence-electron chi connectivity index (χ2n) is 18.5. The van der Waals surface area contributed by atoms with E-state index in [1.807, 2.05) is 6.07 Å². The fourth-order valence-electron chi connectivity index (χ4n) is 8.12. The first-order chi connectivity index (χ1) is 37.9. The number of carbonyl (C=O) groups excluding carboxylic acids is 4. The number of anilines is 2. The van der Waals surface area contributed by atoms with Gasteiger partial charge in [0.25, 0.3) is 0 Å². The van der Waals surface area contributed by atoms with E-state index in [-0.39, 0.29) is 71.2 Å². The molecule has 81 heavy (non-hydrogen) atoms. The molecule has 2 aliphatic heterocycles. The number of esters is 2. The van der Waals surface area contributed by atoms with Crippen LogP contribution in [0, 0.1) is 22.7 Å². The van der Waals surface area contributed by atoms with Crippen molar-refractivity contribution in [3.8, 4) is 12.1 Å². The van der Waals surface area contributed by atoms with E-state index in [4.69, 9.17) is 38.5 Å². The first kappa shape index (κ1) is 66.2. The van der Waals surface area contributed by atoms with E-state index in [1.54, 1.807) is 12.1 Å². The number of aliphatic hydroxyl groups is 1. The van der Waals surface area contributed by atoms with Crippen molar-refractivity contribution < 1.29 is 65.6 Å². The van der Waals surface area contributed by atoms with Gasteiger partial charge in [-0.25, -0.2) is 43.7 Å². The number of amides is 2. The third-order valence-corrected chi connectivity index (χ3v) is 14.1. The van der Waals surface area contributed by atoms with Gasteiger partial charge in [0.05, 0.1) is 38.8 Å². The van der Waals surface area contributed by atoms with Gasteiger partial charge in [-0.15, -0.1) is 0 Å². The van der Waals surface area contributed by atoms with Gasteiger partial charge in [-0.1, -0.05) is 37.8 Å². The standard InChI is InChI=1S/C16H21FN5O6P.C14H16FN5O5.C14H24NOP.C5H2N4.CH4/c1-8(23)21-14-12-15(19-6-18-14)22(7-20-12)16-13(27-9(2)24)11(17)10(28-16)5-26-29(3,4)25;1-6(22)19-12-10-13(17-4-16-12)20(5-18-10)14-11(24-7(2)23)9(15)8(3-21)25-14;1-12(2)15(13(3)4)17(5)16-11-14-9-7-6-8-10-14;6-1-4-5(2-7)9-3-8-4;/h6-7,10-11,13,16H,5H2,1-4H3,(H,18,19,21,23);4-5,8-9,11,14,21H,3H2,1-2H3,(H,16,17,19,22);6-10,12-13H,11H2,1-5H3;3H,(H,8,9);1H4/t10-,11?,13+,16-;8-,9?,11+,14-;;;/m11.../s1. The Balaban J connectivity index is 0.000000247. The van der Waals surface area contributed by atoms with Crippen LogP contribution in [-0.2, 0) is 58.3 Å². The lowest BCUT2D eigenvalue weighted by molar-refractivity contribution is -0.154. The molecule has 0 radical (unpaired) electrons. The minimum absolute atomic E-state index is 0. The highest BCUT2D eigenvalue weighted by molar-refractivity contribution is 7.57. The van der Waals surface area contributed by atoms with Crippen molar-refractivity contribution in [3.63, 3.8) is 0 Å². The molecule has 0 aliphatic carbocycles. The number of halogens is 2. The Hall–Kier alpha value is -7.33. The van der Waals surface area contributed by atoms with Gasteiger partial charge in [0.15, 0.2) is 89.7 Å². The molecule has 3 unspecified atom stereocenters. The van der Waals surface area contributed by atoms with Crippen LogP contribution in [0.1, 0.15) is 92.2 Å². The first-order valence-corrected chi connectivity index (χ1v) is 28.7. The number of rotatable bonds is 16. The number of nitrogens with zero attached hydrogens (tertiary/aromatic N) is 12. The van der Waals surface area contributed by atoms with Crippen molar-refractivity contribution in [2.45, 2.75) is 131 Å². The summed E-state index contributed by atoms with van der Waals surface area (Å²) in [5.41, 5.74) is 2.65. The molecule has 2 amide bonds. The summed E-state index contributed by atoms with van der Waals surface area (Å²) in [6.07, 6.45) is -4.08. The van der Waals surface area contributed by atoms with Crippen LogP contribution >= 0.6 is 15.7 Å². The number of H-pyrrole nitrogens is 1. The molecule has 9 atom stereocenters. The summed E-state index contributed by atoms with van der Waals surface area (Å²) in [6, 6.07) is 15.0. The first-order valence-electron chi connectivity index (χ1n) is 24.6. The van der Waals surface area contributed by atoms with E-state index in [1.165, 1.54) is 73.5 Å². The summed E-state index contributed by atoms with van der Waals surface area (Å²) in [5.74, 6) is -1.69. The fraction of sp³-hybridized carbons (Fsp3) is 0.500. The number of ether oxygens (including phenoxy) is 4.